The van der Waals surface area contributed by atoms with Crippen LogP contribution in [0.5, 0.6) is 0 Å². The highest BCUT2D eigenvalue weighted by atomic mass is 127. The highest BCUT2D eigenvalue weighted by Gasteiger charge is 2.22. The van der Waals surface area contributed by atoms with Gasteiger partial charge in [0, 0.05) is 12.1 Å². The molecule has 0 N–H and O–H groups in total. The molecular formula is C19H25IN2. The molecule has 0 amide bonds. The van der Waals surface area contributed by atoms with Gasteiger partial charge in [0.15, 0.2) is 0 Å². The SMILES string of the molecule is CC(C)c1nn(CC2CCCCC2)c(-c2ccccc2)c1I. The minimum atomic E-state index is 0.474. The van der Waals surface area contributed by atoms with Crippen molar-refractivity contribution in [2.45, 2.75) is 58.4 Å². The normalized spacial score (nSPS) is 16.4. The summed E-state index contributed by atoms with van der Waals surface area (Å²) in [6.45, 7) is 5.56. The minimum absolute atomic E-state index is 0.474. The topological polar surface area (TPSA) is 17.8 Å². The van der Waals surface area contributed by atoms with E-state index in [1.807, 2.05) is 0 Å². The van der Waals surface area contributed by atoms with Crippen LogP contribution in [0.3, 0.4) is 0 Å². The summed E-state index contributed by atoms with van der Waals surface area (Å²) in [4.78, 5) is 0. The number of aromatic nitrogens is 2. The first-order valence-electron chi connectivity index (χ1n) is 8.48. The third kappa shape index (κ3) is 3.39. The van der Waals surface area contributed by atoms with Crippen LogP contribution in [-0.2, 0) is 6.54 Å². The van der Waals surface area contributed by atoms with Crippen molar-refractivity contribution in [1.29, 1.82) is 0 Å². The molecule has 3 heteroatoms. The van der Waals surface area contributed by atoms with Crippen LogP contribution in [0.15, 0.2) is 30.3 Å². The van der Waals surface area contributed by atoms with E-state index in [1.54, 1.807) is 0 Å². The van der Waals surface area contributed by atoms with Crippen LogP contribution in [-0.4, -0.2) is 9.78 Å². The Balaban J connectivity index is 1.98. The van der Waals surface area contributed by atoms with Gasteiger partial charge in [-0.2, -0.15) is 5.10 Å². The lowest BCUT2D eigenvalue weighted by Gasteiger charge is -2.22. The van der Waals surface area contributed by atoms with Gasteiger partial charge in [-0.25, -0.2) is 0 Å². The third-order valence-corrected chi connectivity index (χ3v) is 5.73. The van der Waals surface area contributed by atoms with E-state index in [9.17, 15) is 0 Å². The fourth-order valence-electron chi connectivity index (χ4n) is 3.45. The minimum Gasteiger partial charge on any atom is -0.263 e. The number of halogens is 1. The first kappa shape index (κ1) is 16.0. The summed E-state index contributed by atoms with van der Waals surface area (Å²) < 4.78 is 3.62. The fourth-order valence-corrected chi connectivity index (χ4v) is 4.77. The number of rotatable bonds is 4. The summed E-state index contributed by atoms with van der Waals surface area (Å²) in [6.07, 6.45) is 6.92. The van der Waals surface area contributed by atoms with Gasteiger partial charge in [-0.15, -0.1) is 0 Å². The highest BCUT2D eigenvalue weighted by molar-refractivity contribution is 14.1. The molecular weight excluding hydrogens is 383 g/mol. The predicted molar refractivity (Wildman–Crippen MR) is 101 cm³/mol. The lowest BCUT2D eigenvalue weighted by molar-refractivity contribution is 0.308. The van der Waals surface area contributed by atoms with Gasteiger partial charge < -0.3 is 0 Å². The van der Waals surface area contributed by atoms with Gasteiger partial charge >= 0.3 is 0 Å². The Hall–Kier alpha value is -0.840. The van der Waals surface area contributed by atoms with Gasteiger partial charge in [-0.1, -0.05) is 63.4 Å². The zero-order chi connectivity index (χ0) is 15.5. The van der Waals surface area contributed by atoms with Crippen molar-refractivity contribution in [3.8, 4) is 11.3 Å². The summed E-state index contributed by atoms with van der Waals surface area (Å²) in [6, 6.07) is 10.7. The molecule has 0 radical (unpaired) electrons. The van der Waals surface area contributed by atoms with Crippen molar-refractivity contribution in [1.82, 2.24) is 9.78 Å². The highest BCUT2D eigenvalue weighted by Crippen LogP contribution is 2.33. The van der Waals surface area contributed by atoms with Crippen LogP contribution in [0, 0.1) is 9.49 Å². The van der Waals surface area contributed by atoms with E-state index in [0.29, 0.717) is 5.92 Å². The quantitative estimate of drug-likeness (QED) is 0.580. The summed E-state index contributed by atoms with van der Waals surface area (Å²) in [5, 5.41) is 4.99. The van der Waals surface area contributed by atoms with Crippen LogP contribution < -0.4 is 0 Å². The Morgan fingerprint density at radius 2 is 1.82 bits per heavy atom. The number of hydrogen-bond acceptors (Lipinski definition) is 1. The zero-order valence-corrected chi connectivity index (χ0v) is 15.7. The van der Waals surface area contributed by atoms with Gasteiger partial charge in [0.2, 0.25) is 0 Å². The Bertz CT molecular complexity index is 610. The second-order valence-corrected chi connectivity index (χ2v) is 7.83. The van der Waals surface area contributed by atoms with Gasteiger partial charge in [0.05, 0.1) is 15.0 Å². The Labute approximate surface area is 147 Å². The molecule has 22 heavy (non-hydrogen) atoms. The zero-order valence-electron chi connectivity index (χ0n) is 13.6. The molecule has 1 fully saturated rings. The lowest BCUT2D eigenvalue weighted by atomic mass is 9.89. The molecule has 1 heterocycles. The average Bonchev–Trinajstić information content (AvgIpc) is 2.86. The summed E-state index contributed by atoms with van der Waals surface area (Å²) in [5.74, 6) is 1.27. The number of hydrogen-bond donors (Lipinski definition) is 0. The van der Waals surface area contributed by atoms with Crippen molar-refractivity contribution in [2.75, 3.05) is 0 Å². The number of benzene rings is 1. The summed E-state index contributed by atoms with van der Waals surface area (Å²) in [7, 11) is 0. The van der Waals surface area contributed by atoms with Crippen molar-refractivity contribution >= 4 is 22.6 Å². The molecule has 0 spiro atoms. The summed E-state index contributed by atoms with van der Waals surface area (Å²) in [5.41, 5.74) is 3.85. The molecule has 0 bridgehead atoms. The number of nitrogens with zero attached hydrogens (tertiary/aromatic N) is 2. The second kappa shape index (κ2) is 7.16. The van der Waals surface area contributed by atoms with Crippen LogP contribution in [0.1, 0.15) is 57.6 Å². The van der Waals surface area contributed by atoms with Gasteiger partial charge in [-0.3, -0.25) is 4.68 Å². The van der Waals surface area contributed by atoms with E-state index in [0.717, 1.165) is 12.5 Å². The molecule has 1 aliphatic rings. The molecule has 0 saturated heterocycles. The van der Waals surface area contributed by atoms with E-state index in [-0.39, 0.29) is 0 Å². The van der Waals surface area contributed by atoms with Crippen molar-refractivity contribution < 1.29 is 0 Å². The van der Waals surface area contributed by atoms with E-state index in [1.165, 1.54) is 52.6 Å². The van der Waals surface area contributed by atoms with E-state index in [4.69, 9.17) is 5.10 Å². The van der Waals surface area contributed by atoms with Crippen LogP contribution >= 0.6 is 22.6 Å². The van der Waals surface area contributed by atoms with Crippen molar-refractivity contribution in [3.05, 3.63) is 39.6 Å². The van der Waals surface area contributed by atoms with Crippen molar-refractivity contribution in [3.63, 3.8) is 0 Å². The first-order chi connectivity index (χ1) is 10.7. The molecule has 118 valence electrons. The molecule has 3 rings (SSSR count). The molecule has 1 aliphatic carbocycles. The maximum absolute atomic E-state index is 4.99. The van der Waals surface area contributed by atoms with E-state index < -0.39 is 0 Å². The maximum Gasteiger partial charge on any atom is 0.0819 e. The predicted octanol–water partition coefficient (Wildman–Crippen LogP) is 5.86. The molecule has 2 nitrogen and oxygen atoms in total. The molecule has 2 aromatic rings. The average molecular weight is 408 g/mol. The van der Waals surface area contributed by atoms with Gasteiger partial charge in [-0.05, 0) is 47.3 Å². The lowest BCUT2D eigenvalue weighted by Crippen LogP contribution is -2.16. The smallest absolute Gasteiger partial charge is 0.0819 e. The van der Waals surface area contributed by atoms with E-state index >= 15 is 0 Å². The monoisotopic (exact) mass is 408 g/mol. The second-order valence-electron chi connectivity index (χ2n) is 6.75. The van der Waals surface area contributed by atoms with Crippen LogP contribution in [0.2, 0.25) is 0 Å². The van der Waals surface area contributed by atoms with Crippen molar-refractivity contribution in [2.24, 2.45) is 5.92 Å². The molecule has 1 saturated carbocycles. The van der Waals surface area contributed by atoms with Crippen LogP contribution in [0.25, 0.3) is 11.3 Å². The van der Waals surface area contributed by atoms with Gasteiger partial charge in [0.25, 0.3) is 0 Å². The molecule has 0 unspecified atom stereocenters. The van der Waals surface area contributed by atoms with E-state index in [2.05, 4.69) is 71.5 Å². The fraction of sp³-hybridized carbons (Fsp3) is 0.526. The largest absolute Gasteiger partial charge is 0.263 e. The summed E-state index contributed by atoms with van der Waals surface area (Å²) >= 11 is 2.49. The first-order valence-corrected chi connectivity index (χ1v) is 9.56. The molecule has 0 atom stereocenters. The molecule has 1 aromatic carbocycles. The Morgan fingerprint density at radius 3 is 2.45 bits per heavy atom. The van der Waals surface area contributed by atoms with Gasteiger partial charge in [0.1, 0.15) is 0 Å². The third-order valence-electron chi connectivity index (χ3n) is 4.67. The molecule has 1 aromatic heterocycles. The Kier molecular flexibility index (Phi) is 5.21. The Morgan fingerprint density at radius 1 is 1.14 bits per heavy atom. The molecule has 0 aliphatic heterocycles. The standard InChI is InChI=1S/C19H25IN2/c1-14(2)18-17(20)19(16-11-7-4-8-12-16)22(21-18)13-15-9-5-3-6-10-15/h4,7-8,11-12,14-15H,3,5-6,9-10,13H2,1-2H3. The van der Waals surface area contributed by atoms with Crippen LogP contribution in [0.4, 0.5) is 0 Å². The maximum atomic E-state index is 4.99.